The Morgan fingerprint density at radius 1 is 0.978 bits per heavy atom. The normalized spacial score (nSPS) is 13.8. The first-order valence-electron chi connectivity index (χ1n) is 14.2. The average molecular weight is 637 g/mol. The van der Waals surface area contributed by atoms with E-state index in [0.717, 1.165) is 22.9 Å². The standard InChI is InChI=1S/C32H40N6O6S/c1-20-13-14-22(30(39)33-24-16-23(32(2,3)4)17-25(29(24)44-6)36-45(7,41)42)15-28(20)38-18-26(35-37-38)31(40)34-27(19-43-5)21-11-9-8-10-12-21/h8-18,27,35-37H,19H2,1-7H3,(H,33,39)(H,34,40)/t27-/m1/s1. The van der Waals surface area contributed by atoms with Gasteiger partial charge in [0.05, 0.1) is 49.3 Å². The summed E-state index contributed by atoms with van der Waals surface area (Å²) in [7, 11) is -0.643. The zero-order valence-corrected chi connectivity index (χ0v) is 27.3. The Morgan fingerprint density at radius 2 is 1.67 bits per heavy atom. The number of hydrogen-bond donors (Lipinski definition) is 5. The maximum absolute atomic E-state index is 13.6. The van der Waals surface area contributed by atoms with E-state index in [4.69, 9.17) is 9.47 Å². The molecule has 240 valence electrons. The molecule has 4 rings (SSSR count). The van der Waals surface area contributed by atoms with E-state index in [1.54, 1.807) is 48.7 Å². The van der Waals surface area contributed by atoms with Crippen molar-refractivity contribution in [3.05, 3.63) is 94.8 Å². The summed E-state index contributed by atoms with van der Waals surface area (Å²) in [5.41, 5.74) is 9.80. The molecule has 0 saturated heterocycles. The van der Waals surface area contributed by atoms with Crippen molar-refractivity contribution in [1.29, 1.82) is 0 Å². The zero-order valence-electron chi connectivity index (χ0n) is 26.4. The van der Waals surface area contributed by atoms with Gasteiger partial charge in [0.1, 0.15) is 5.70 Å². The highest BCUT2D eigenvalue weighted by atomic mass is 32.2. The number of carbonyl (C=O) groups excluding carboxylic acids is 2. The van der Waals surface area contributed by atoms with E-state index in [1.807, 2.05) is 58.0 Å². The number of hydrazine groups is 2. The zero-order chi connectivity index (χ0) is 32.9. The molecule has 1 heterocycles. The van der Waals surface area contributed by atoms with Gasteiger partial charge in [-0.2, -0.15) is 0 Å². The second kappa shape index (κ2) is 13.6. The molecule has 5 N–H and O–H groups in total. The molecule has 45 heavy (non-hydrogen) atoms. The molecular weight excluding hydrogens is 596 g/mol. The molecule has 1 aliphatic rings. The first-order valence-corrected chi connectivity index (χ1v) is 16.1. The number of anilines is 3. The van der Waals surface area contributed by atoms with Crippen molar-refractivity contribution in [1.82, 2.24) is 16.3 Å². The molecule has 0 bridgehead atoms. The van der Waals surface area contributed by atoms with Crippen LogP contribution in [0.1, 0.15) is 53.9 Å². The third kappa shape index (κ3) is 8.32. The molecule has 0 fully saturated rings. The summed E-state index contributed by atoms with van der Waals surface area (Å²) >= 11 is 0. The topological polar surface area (TPSA) is 150 Å². The maximum Gasteiger partial charge on any atom is 0.270 e. The molecule has 1 aliphatic heterocycles. The van der Waals surface area contributed by atoms with Crippen LogP contribution in [0, 0.1) is 6.92 Å². The summed E-state index contributed by atoms with van der Waals surface area (Å²) in [5, 5.41) is 7.48. The number of carbonyl (C=O) groups is 2. The van der Waals surface area contributed by atoms with Crippen LogP contribution in [0.5, 0.6) is 5.75 Å². The van der Waals surface area contributed by atoms with Crippen LogP contribution in [-0.4, -0.2) is 47.3 Å². The lowest BCUT2D eigenvalue weighted by atomic mass is 9.86. The molecule has 13 heteroatoms. The van der Waals surface area contributed by atoms with E-state index in [-0.39, 0.29) is 34.5 Å². The first-order chi connectivity index (χ1) is 21.2. The van der Waals surface area contributed by atoms with E-state index < -0.39 is 15.9 Å². The third-order valence-corrected chi connectivity index (χ3v) is 7.68. The molecule has 0 radical (unpaired) electrons. The van der Waals surface area contributed by atoms with Crippen molar-refractivity contribution in [2.24, 2.45) is 0 Å². The Balaban J connectivity index is 1.58. The SMILES string of the molecule is COC[C@@H](NC(=O)C1=CN(c2cc(C(=O)Nc3cc(C(C)(C)C)cc(NS(C)(=O)=O)c3OC)ccc2C)NN1)c1ccccc1. The largest absolute Gasteiger partial charge is 0.492 e. The fourth-order valence-electron chi connectivity index (χ4n) is 4.72. The number of ether oxygens (including phenoxy) is 2. The van der Waals surface area contributed by atoms with Crippen molar-refractivity contribution in [3.63, 3.8) is 0 Å². The summed E-state index contributed by atoms with van der Waals surface area (Å²) in [6.07, 6.45) is 2.65. The number of amides is 2. The second-order valence-corrected chi connectivity index (χ2v) is 13.5. The number of sulfonamides is 1. The van der Waals surface area contributed by atoms with Gasteiger partial charge in [0.15, 0.2) is 5.75 Å². The molecule has 0 aliphatic carbocycles. The fourth-order valence-corrected chi connectivity index (χ4v) is 5.27. The number of methoxy groups -OCH3 is 2. The first kappa shape index (κ1) is 33.3. The van der Waals surface area contributed by atoms with E-state index in [2.05, 4.69) is 26.3 Å². The van der Waals surface area contributed by atoms with Gasteiger partial charge in [-0.3, -0.25) is 24.7 Å². The van der Waals surface area contributed by atoms with Crippen LogP contribution in [0.25, 0.3) is 0 Å². The lowest BCUT2D eigenvalue weighted by molar-refractivity contribution is -0.119. The highest BCUT2D eigenvalue weighted by Gasteiger charge is 2.25. The predicted molar refractivity (Wildman–Crippen MR) is 175 cm³/mol. The molecule has 1 atom stereocenters. The van der Waals surface area contributed by atoms with Crippen molar-refractivity contribution in [3.8, 4) is 5.75 Å². The molecule has 12 nitrogen and oxygen atoms in total. The Morgan fingerprint density at radius 3 is 2.29 bits per heavy atom. The lowest BCUT2D eigenvalue weighted by Crippen LogP contribution is -2.40. The highest BCUT2D eigenvalue weighted by Crippen LogP contribution is 2.39. The van der Waals surface area contributed by atoms with Gasteiger partial charge < -0.3 is 20.1 Å². The van der Waals surface area contributed by atoms with E-state index in [1.165, 1.54) is 7.11 Å². The Bertz CT molecular complexity index is 1700. The molecule has 0 unspecified atom stereocenters. The summed E-state index contributed by atoms with van der Waals surface area (Å²) in [6, 6.07) is 17.8. The van der Waals surface area contributed by atoms with Crippen LogP contribution in [0.2, 0.25) is 0 Å². The van der Waals surface area contributed by atoms with Gasteiger partial charge in [-0.15, -0.1) is 5.53 Å². The minimum Gasteiger partial charge on any atom is -0.492 e. The van der Waals surface area contributed by atoms with Crippen molar-refractivity contribution < 1.29 is 27.5 Å². The van der Waals surface area contributed by atoms with E-state index in [9.17, 15) is 18.0 Å². The Labute approximate surface area is 264 Å². The van der Waals surface area contributed by atoms with Gasteiger partial charge in [0, 0.05) is 12.7 Å². The van der Waals surface area contributed by atoms with E-state index >= 15 is 0 Å². The van der Waals surface area contributed by atoms with Crippen LogP contribution in [0.3, 0.4) is 0 Å². The van der Waals surface area contributed by atoms with Crippen LogP contribution in [0.15, 0.2) is 72.6 Å². The molecule has 0 saturated carbocycles. The summed E-state index contributed by atoms with van der Waals surface area (Å²) in [4.78, 5) is 26.7. The maximum atomic E-state index is 13.6. The number of hydrogen-bond acceptors (Lipinski definition) is 9. The number of aryl methyl sites for hydroxylation is 1. The molecule has 3 aromatic carbocycles. The minimum atomic E-state index is -3.63. The van der Waals surface area contributed by atoms with Crippen molar-refractivity contribution in [2.75, 3.05) is 42.1 Å². The monoisotopic (exact) mass is 636 g/mol. The summed E-state index contributed by atoms with van der Waals surface area (Å²) < 4.78 is 37.5. The van der Waals surface area contributed by atoms with Gasteiger partial charge >= 0.3 is 0 Å². The number of nitrogens with zero attached hydrogens (tertiary/aromatic N) is 1. The van der Waals surface area contributed by atoms with Crippen LogP contribution in [0.4, 0.5) is 17.1 Å². The fraction of sp³-hybridized carbons (Fsp3) is 0.312. The lowest BCUT2D eigenvalue weighted by Gasteiger charge is -2.24. The van der Waals surface area contributed by atoms with E-state index in [0.29, 0.717) is 23.5 Å². The molecule has 0 aromatic heterocycles. The molecule has 3 aromatic rings. The van der Waals surface area contributed by atoms with Crippen LogP contribution in [-0.2, 0) is 25.0 Å². The van der Waals surface area contributed by atoms with Crippen molar-refractivity contribution in [2.45, 2.75) is 39.2 Å². The molecule has 2 amide bonds. The van der Waals surface area contributed by atoms with Gasteiger partial charge in [0.2, 0.25) is 10.0 Å². The number of benzene rings is 3. The molecule has 0 spiro atoms. The van der Waals surface area contributed by atoms with Gasteiger partial charge in [-0.25, -0.2) is 8.42 Å². The number of rotatable bonds is 11. The highest BCUT2D eigenvalue weighted by molar-refractivity contribution is 7.92. The summed E-state index contributed by atoms with van der Waals surface area (Å²) in [5.74, 6) is -0.600. The minimum absolute atomic E-state index is 0.181. The van der Waals surface area contributed by atoms with Gasteiger partial charge in [-0.1, -0.05) is 57.2 Å². The number of nitrogens with one attached hydrogen (secondary N) is 5. The Hall–Kier alpha value is -4.59. The van der Waals surface area contributed by atoms with Crippen LogP contribution < -0.4 is 36.1 Å². The van der Waals surface area contributed by atoms with Gasteiger partial charge in [-0.05, 0) is 53.3 Å². The van der Waals surface area contributed by atoms with Crippen LogP contribution >= 0.6 is 0 Å². The second-order valence-electron chi connectivity index (χ2n) is 11.7. The Kier molecular flexibility index (Phi) is 10.1. The van der Waals surface area contributed by atoms with Crippen molar-refractivity contribution >= 4 is 38.9 Å². The quantitative estimate of drug-likeness (QED) is 0.210. The smallest absolute Gasteiger partial charge is 0.270 e. The summed E-state index contributed by atoms with van der Waals surface area (Å²) in [6.45, 7) is 8.12. The molecular formula is C32H40N6O6S. The average Bonchev–Trinajstić information content (AvgIpc) is 3.46. The predicted octanol–water partition coefficient (Wildman–Crippen LogP) is 4.10. The third-order valence-electron chi connectivity index (χ3n) is 7.09. The van der Waals surface area contributed by atoms with Gasteiger partial charge in [0.25, 0.3) is 11.8 Å².